The van der Waals surface area contributed by atoms with Crippen LogP contribution in [0.1, 0.15) is 13.8 Å². The summed E-state index contributed by atoms with van der Waals surface area (Å²) in [5.74, 6) is 1.35. The smallest absolute Gasteiger partial charge is 0.210 e. The fourth-order valence-electron chi connectivity index (χ4n) is 1.01. The minimum absolute atomic E-state index is 0.368. The first kappa shape index (κ1) is 9.14. The third-order valence-corrected chi connectivity index (χ3v) is 2.19. The predicted molar refractivity (Wildman–Crippen MR) is 56.2 cm³/mol. The summed E-state index contributed by atoms with van der Waals surface area (Å²) >= 11 is 1.34. The van der Waals surface area contributed by atoms with Crippen molar-refractivity contribution in [1.29, 1.82) is 0 Å². The molecular formula is C8H11N5S. The molecule has 0 amide bonds. The quantitative estimate of drug-likeness (QED) is 0.808. The second-order valence-electron chi connectivity index (χ2n) is 3.16. The van der Waals surface area contributed by atoms with Crippen molar-refractivity contribution >= 4 is 16.7 Å². The van der Waals surface area contributed by atoms with Gasteiger partial charge >= 0.3 is 0 Å². The fraction of sp³-hybridized carbons (Fsp3) is 0.375. The Hall–Kier alpha value is -1.43. The van der Waals surface area contributed by atoms with E-state index >= 15 is 0 Å². The summed E-state index contributed by atoms with van der Waals surface area (Å²) in [6.45, 7) is 4.13. The molecule has 0 unspecified atom stereocenters. The molecule has 2 rings (SSSR count). The molecule has 14 heavy (non-hydrogen) atoms. The summed E-state index contributed by atoms with van der Waals surface area (Å²) in [6.07, 6.45) is 3.44. The lowest BCUT2D eigenvalue weighted by molar-refractivity contribution is 0.896. The lowest BCUT2D eigenvalue weighted by Crippen LogP contribution is -2.08. The van der Waals surface area contributed by atoms with E-state index in [-0.39, 0.29) is 0 Å². The van der Waals surface area contributed by atoms with Crippen molar-refractivity contribution in [3.05, 3.63) is 12.4 Å². The van der Waals surface area contributed by atoms with Crippen LogP contribution < -0.4 is 5.32 Å². The summed E-state index contributed by atoms with van der Waals surface area (Å²) in [5, 5.41) is 4.02. The van der Waals surface area contributed by atoms with E-state index in [1.165, 1.54) is 11.5 Å². The van der Waals surface area contributed by atoms with Crippen molar-refractivity contribution in [3.8, 4) is 11.6 Å². The molecule has 2 N–H and O–H groups in total. The van der Waals surface area contributed by atoms with Crippen LogP contribution in [0.25, 0.3) is 11.6 Å². The summed E-state index contributed by atoms with van der Waals surface area (Å²) in [5.41, 5.74) is 0. The lowest BCUT2D eigenvalue weighted by atomic mass is 10.4. The van der Waals surface area contributed by atoms with E-state index in [0.717, 1.165) is 5.13 Å². The molecule has 0 fully saturated rings. The van der Waals surface area contributed by atoms with Crippen molar-refractivity contribution in [1.82, 2.24) is 19.3 Å². The number of aromatic nitrogens is 4. The first-order chi connectivity index (χ1) is 6.75. The standard InChI is InChI=1S/C8H11N5S/c1-5(2)11-8-12-7(13-14-8)6-9-3-4-10-6/h3-5H,1-2H3,(H,9,10)(H,11,12,13). The Morgan fingerprint density at radius 3 is 3.00 bits per heavy atom. The van der Waals surface area contributed by atoms with E-state index in [4.69, 9.17) is 0 Å². The van der Waals surface area contributed by atoms with Gasteiger partial charge in [-0.15, -0.1) is 0 Å². The molecule has 5 nitrogen and oxygen atoms in total. The maximum absolute atomic E-state index is 4.30. The van der Waals surface area contributed by atoms with Crippen molar-refractivity contribution in [3.63, 3.8) is 0 Å². The molecule has 0 radical (unpaired) electrons. The average molecular weight is 209 g/mol. The monoisotopic (exact) mass is 209 g/mol. The fourth-order valence-corrected chi connectivity index (χ4v) is 1.73. The Bertz CT molecular complexity index is 392. The van der Waals surface area contributed by atoms with E-state index in [2.05, 4.69) is 38.5 Å². The number of imidazole rings is 1. The van der Waals surface area contributed by atoms with Gasteiger partial charge in [0.25, 0.3) is 0 Å². The van der Waals surface area contributed by atoms with E-state index in [0.29, 0.717) is 17.7 Å². The van der Waals surface area contributed by atoms with E-state index in [1.807, 2.05) is 0 Å². The minimum Gasteiger partial charge on any atom is -0.358 e. The maximum Gasteiger partial charge on any atom is 0.210 e. The first-order valence-electron chi connectivity index (χ1n) is 4.35. The van der Waals surface area contributed by atoms with Gasteiger partial charge in [-0.3, -0.25) is 0 Å². The van der Waals surface area contributed by atoms with E-state index < -0.39 is 0 Å². The van der Waals surface area contributed by atoms with Crippen molar-refractivity contribution in [2.24, 2.45) is 0 Å². The maximum atomic E-state index is 4.30. The lowest BCUT2D eigenvalue weighted by Gasteiger charge is -2.03. The Morgan fingerprint density at radius 2 is 2.36 bits per heavy atom. The van der Waals surface area contributed by atoms with Crippen LogP contribution in [-0.2, 0) is 0 Å². The largest absolute Gasteiger partial charge is 0.358 e. The number of nitrogens with zero attached hydrogens (tertiary/aromatic N) is 3. The number of H-pyrrole nitrogens is 1. The second-order valence-corrected chi connectivity index (χ2v) is 3.91. The Balaban J connectivity index is 2.18. The third kappa shape index (κ3) is 1.90. The molecule has 0 atom stereocenters. The number of nitrogens with one attached hydrogen (secondary N) is 2. The van der Waals surface area contributed by atoms with E-state index in [9.17, 15) is 0 Å². The van der Waals surface area contributed by atoms with Crippen molar-refractivity contribution in [2.45, 2.75) is 19.9 Å². The SMILES string of the molecule is CC(C)Nc1nc(-c2ncc[nH]2)ns1. The number of hydrogen-bond acceptors (Lipinski definition) is 5. The molecular weight excluding hydrogens is 198 g/mol. The Morgan fingerprint density at radius 1 is 1.50 bits per heavy atom. The van der Waals surface area contributed by atoms with Crippen LogP contribution in [0.5, 0.6) is 0 Å². The van der Waals surface area contributed by atoms with Crippen LogP contribution in [0.4, 0.5) is 5.13 Å². The minimum atomic E-state index is 0.368. The topological polar surface area (TPSA) is 66.5 Å². The van der Waals surface area contributed by atoms with Gasteiger partial charge in [0.2, 0.25) is 11.0 Å². The van der Waals surface area contributed by atoms with Crippen LogP contribution in [0.2, 0.25) is 0 Å². The highest BCUT2D eigenvalue weighted by Gasteiger charge is 2.08. The van der Waals surface area contributed by atoms with Crippen LogP contribution >= 0.6 is 11.5 Å². The third-order valence-electron chi connectivity index (χ3n) is 1.55. The molecule has 0 saturated carbocycles. The number of rotatable bonds is 3. The number of anilines is 1. The normalized spacial score (nSPS) is 10.8. The van der Waals surface area contributed by atoms with Gasteiger partial charge in [0.15, 0.2) is 5.82 Å². The van der Waals surface area contributed by atoms with Gasteiger partial charge in [-0.25, -0.2) is 4.98 Å². The van der Waals surface area contributed by atoms with Gasteiger partial charge in [0.1, 0.15) is 0 Å². The van der Waals surface area contributed by atoms with Gasteiger partial charge in [0, 0.05) is 30.0 Å². The van der Waals surface area contributed by atoms with Gasteiger partial charge in [-0.1, -0.05) is 0 Å². The van der Waals surface area contributed by atoms with Gasteiger partial charge < -0.3 is 10.3 Å². The molecule has 74 valence electrons. The number of hydrogen-bond donors (Lipinski definition) is 2. The highest BCUT2D eigenvalue weighted by Crippen LogP contribution is 2.17. The van der Waals surface area contributed by atoms with Crippen molar-refractivity contribution < 1.29 is 0 Å². The highest BCUT2D eigenvalue weighted by molar-refractivity contribution is 7.09. The summed E-state index contributed by atoms with van der Waals surface area (Å²) < 4.78 is 4.19. The average Bonchev–Trinajstić information content (AvgIpc) is 2.69. The van der Waals surface area contributed by atoms with Crippen LogP contribution in [-0.4, -0.2) is 25.4 Å². The molecule has 2 aromatic heterocycles. The van der Waals surface area contributed by atoms with Gasteiger partial charge in [-0.05, 0) is 13.8 Å². The zero-order valence-corrected chi connectivity index (χ0v) is 8.80. The Kier molecular flexibility index (Phi) is 2.45. The zero-order valence-electron chi connectivity index (χ0n) is 7.98. The molecule has 0 aliphatic heterocycles. The second kappa shape index (κ2) is 3.75. The molecule has 0 aromatic carbocycles. The molecule has 0 saturated heterocycles. The van der Waals surface area contributed by atoms with Crippen LogP contribution in [0.15, 0.2) is 12.4 Å². The van der Waals surface area contributed by atoms with Crippen LogP contribution in [0, 0.1) is 0 Å². The number of aromatic amines is 1. The summed E-state index contributed by atoms with van der Waals surface area (Å²) in [7, 11) is 0. The molecule has 2 aromatic rings. The summed E-state index contributed by atoms with van der Waals surface area (Å²) in [6, 6.07) is 0.368. The van der Waals surface area contributed by atoms with Crippen molar-refractivity contribution in [2.75, 3.05) is 5.32 Å². The molecule has 0 aliphatic carbocycles. The molecule has 0 spiro atoms. The van der Waals surface area contributed by atoms with E-state index in [1.54, 1.807) is 12.4 Å². The predicted octanol–water partition coefficient (Wildman–Crippen LogP) is 1.75. The molecule has 6 heteroatoms. The van der Waals surface area contributed by atoms with Gasteiger partial charge in [-0.2, -0.15) is 9.36 Å². The van der Waals surface area contributed by atoms with Crippen LogP contribution in [0.3, 0.4) is 0 Å². The molecule has 0 bridgehead atoms. The first-order valence-corrected chi connectivity index (χ1v) is 5.13. The Labute approximate surface area is 85.8 Å². The molecule has 0 aliphatic rings. The molecule has 2 heterocycles. The zero-order chi connectivity index (χ0) is 9.97. The van der Waals surface area contributed by atoms with Gasteiger partial charge in [0.05, 0.1) is 0 Å². The summed E-state index contributed by atoms with van der Waals surface area (Å²) in [4.78, 5) is 11.3. The highest BCUT2D eigenvalue weighted by atomic mass is 32.1.